The number of nitrogens with zero attached hydrogens (tertiary/aromatic N) is 2. The maximum absolute atomic E-state index is 13.1. The number of imide groups is 1. The summed E-state index contributed by atoms with van der Waals surface area (Å²) in [4.78, 5) is 65.3. The van der Waals surface area contributed by atoms with E-state index in [0.29, 0.717) is 16.5 Å². The molecule has 2 aromatic carbocycles. The van der Waals surface area contributed by atoms with Crippen molar-refractivity contribution in [1.29, 1.82) is 0 Å². The van der Waals surface area contributed by atoms with Gasteiger partial charge in [-0.1, -0.05) is 24.3 Å². The molecule has 0 fully saturated rings. The Labute approximate surface area is 203 Å². The summed E-state index contributed by atoms with van der Waals surface area (Å²) in [6.45, 7) is 5.89. The third kappa shape index (κ3) is 6.14. The standard InChI is InChI=1S/C25H29N3O7/c1-5-34-20(30)15-27(13-12-26-24(33)35-25(2,3)4)19(29)14-28-22(31)17-10-6-8-16-9-7-11-18(21(16)17)23(28)32/h6-11H,5,12-15H2,1-4H3,(H,26,33). The lowest BCUT2D eigenvalue weighted by Crippen LogP contribution is -2.50. The maximum atomic E-state index is 13.1. The normalized spacial score (nSPS) is 13.0. The van der Waals surface area contributed by atoms with E-state index >= 15 is 0 Å². The summed E-state index contributed by atoms with van der Waals surface area (Å²) in [5.74, 6) is -2.46. The molecule has 0 bridgehead atoms. The van der Waals surface area contributed by atoms with Crippen LogP contribution in [0.5, 0.6) is 0 Å². The molecule has 0 radical (unpaired) electrons. The molecule has 0 aromatic heterocycles. The third-order valence-electron chi connectivity index (χ3n) is 5.18. The van der Waals surface area contributed by atoms with Crippen molar-refractivity contribution in [2.75, 3.05) is 32.8 Å². The van der Waals surface area contributed by atoms with E-state index in [1.807, 2.05) is 12.1 Å². The van der Waals surface area contributed by atoms with E-state index in [2.05, 4.69) is 5.32 Å². The predicted octanol–water partition coefficient (Wildman–Crippen LogP) is 2.35. The highest BCUT2D eigenvalue weighted by atomic mass is 16.6. The number of carbonyl (C=O) groups excluding carboxylic acids is 5. The SMILES string of the molecule is CCOC(=O)CN(CCNC(=O)OC(C)(C)C)C(=O)CN1C(=O)c2cccc3cccc(c23)C1=O. The van der Waals surface area contributed by atoms with Crippen LogP contribution in [-0.4, -0.2) is 78.0 Å². The number of nitrogens with one attached hydrogen (secondary N) is 1. The third-order valence-corrected chi connectivity index (χ3v) is 5.18. The molecule has 1 heterocycles. The van der Waals surface area contributed by atoms with Crippen LogP contribution < -0.4 is 5.32 Å². The van der Waals surface area contributed by atoms with Crippen molar-refractivity contribution in [1.82, 2.24) is 15.1 Å². The summed E-state index contributed by atoms with van der Waals surface area (Å²) in [6.07, 6.45) is -0.674. The molecule has 2 aromatic rings. The fraction of sp³-hybridized carbons (Fsp3) is 0.400. The van der Waals surface area contributed by atoms with Gasteiger partial charge in [-0.05, 0) is 45.2 Å². The quantitative estimate of drug-likeness (QED) is 0.452. The smallest absolute Gasteiger partial charge is 0.407 e. The number of hydrogen-bond acceptors (Lipinski definition) is 7. The number of alkyl carbamates (subject to hydrolysis) is 1. The first-order valence-electron chi connectivity index (χ1n) is 11.3. The van der Waals surface area contributed by atoms with Crippen molar-refractivity contribution in [3.63, 3.8) is 0 Å². The topological polar surface area (TPSA) is 122 Å². The number of rotatable bonds is 8. The first-order chi connectivity index (χ1) is 16.5. The van der Waals surface area contributed by atoms with E-state index in [1.54, 1.807) is 52.0 Å². The average Bonchev–Trinajstić information content (AvgIpc) is 2.78. The summed E-state index contributed by atoms with van der Waals surface area (Å²) >= 11 is 0. The van der Waals surface area contributed by atoms with Crippen LogP contribution >= 0.6 is 0 Å². The molecule has 186 valence electrons. The van der Waals surface area contributed by atoms with Crippen molar-refractivity contribution < 1.29 is 33.4 Å². The minimum absolute atomic E-state index is 0.00983. The first-order valence-corrected chi connectivity index (χ1v) is 11.3. The molecule has 1 aliphatic rings. The van der Waals surface area contributed by atoms with E-state index in [-0.39, 0.29) is 19.7 Å². The molecule has 0 spiro atoms. The van der Waals surface area contributed by atoms with E-state index in [1.165, 1.54) is 0 Å². The minimum Gasteiger partial charge on any atom is -0.465 e. The van der Waals surface area contributed by atoms with Crippen molar-refractivity contribution in [2.45, 2.75) is 33.3 Å². The second-order valence-corrected chi connectivity index (χ2v) is 8.95. The van der Waals surface area contributed by atoms with Crippen molar-refractivity contribution in [3.05, 3.63) is 47.5 Å². The van der Waals surface area contributed by atoms with Gasteiger partial charge in [-0.3, -0.25) is 24.1 Å². The molecule has 1 aliphatic heterocycles. The van der Waals surface area contributed by atoms with Crippen molar-refractivity contribution in [2.24, 2.45) is 0 Å². The highest BCUT2D eigenvalue weighted by molar-refractivity contribution is 6.26. The van der Waals surface area contributed by atoms with Crippen LogP contribution in [0.4, 0.5) is 4.79 Å². The molecule has 1 N–H and O–H groups in total. The number of benzene rings is 2. The molecule has 0 aliphatic carbocycles. The summed E-state index contributed by atoms with van der Waals surface area (Å²) < 4.78 is 10.1. The number of amides is 4. The van der Waals surface area contributed by atoms with Gasteiger partial charge in [-0.15, -0.1) is 0 Å². The second-order valence-electron chi connectivity index (χ2n) is 8.95. The number of esters is 1. The lowest BCUT2D eigenvalue weighted by Gasteiger charge is -2.29. The van der Waals surface area contributed by atoms with Gasteiger partial charge in [0.2, 0.25) is 5.91 Å². The largest absolute Gasteiger partial charge is 0.465 e. The Hall–Kier alpha value is -3.95. The van der Waals surface area contributed by atoms with Gasteiger partial charge in [0.05, 0.1) is 6.61 Å². The van der Waals surface area contributed by atoms with Crippen molar-refractivity contribution in [3.8, 4) is 0 Å². The van der Waals surface area contributed by atoms with Gasteiger partial charge in [0.15, 0.2) is 0 Å². The molecule has 10 heteroatoms. The lowest BCUT2D eigenvalue weighted by molar-refractivity contribution is -0.148. The Balaban J connectivity index is 1.75. The zero-order chi connectivity index (χ0) is 25.8. The first kappa shape index (κ1) is 25.7. The summed E-state index contributed by atoms with van der Waals surface area (Å²) in [5.41, 5.74) is -0.0402. The molecule has 0 saturated heterocycles. The number of carbonyl (C=O) groups is 5. The van der Waals surface area contributed by atoms with Crippen LogP contribution in [0.1, 0.15) is 48.4 Å². The Kier molecular flexibility index (Phi) is 7.73. The van der Waals surface area contributed by atoms with Gasteiger partial charge in [-0.2, -0.15) is 0 Å². The van der Waals surface area contributed by atoms with Crippen LogP contribution in [0, 0.1) is 0 Å². The summed E-state index contributed by atoms with van der Waals surface area (Å²) in [7, 11) is 0. The predicted molar refractivity (Wildman–Crippen MR) is 127 cm³/mol. The lowest BCUT2D eigenvalue weighted by atomic mass is 9.94. The second kappa shape index (κ2) is 10.5. The zero-order valence-corrected chi connectivity index (χ0v) is 20.3. The van der Waals surface area contributed by atoms with E-state index < -0.39 is 48.5 Å². The molecule has 35 heavy (non-hydrogen) atoms. The van der Waals surface area contributed by atoms with Crippen LogP contribution in [0.3, 0.4) is 0 Å². The van der Waals surface area contributed by atoms with Gasteiger partial charge in [0.1, 0.15) is 18.7 Å². The van der Waals surface area contributed by atoms with Gasteiger partial charge in [0.25, 0.3) is 11.8 Å². The summed E-state index contributed by atoms with van der Waals surface area (Å²) in [5, 5.41) is 3.83. The Morgan fingerprint density at radius 1 is 1.00 bits per heavy atom. The molecule has 0 saturated carbocycles. The number of hydrogen-bond donors (Lipinski definition) is 1. The highest BCUT2D eigenvalue weighted by Gasteiger charge is 2.35. The van der Waals surface area contributed by atoms with Gasteiger partial charge in [-0.25, -0.2) is 4.79 Å². The van der Waals surface area contributed by atoms with Crippen molar-refractivity contribution >= 4 is 40.6 Å². The van der Waals surface area contributed by atoms with E-state index in [4.69, 9.17) is 9.47 Å². The molecular formula is C25H29N3O7. The van der Waals surface area contributed by atoms with Crippen LogP contribution in [-0.2, 0) is 19.1 Å². The van der Waals surface area contributed by atoms with Gasteiger partial charge in [0, 0.05) is 29.6 Å². The fourth-order valence-electron chi connectivity index (χ4n) is 3.72. The molecule has 3 rings (SSSR count). The molecule has 10 nitrogen and oxygen atoms in total. The molecular weight excluding hydrogens is 454 g/mol. The Bertz CT molecular complexity index is 1120. The zero-order valence-electron chi connectivity index (χ0n) is 20.3. The highest BCUT2D eigenvalue weighted by Crippen LogP contribution is 2.29. The fourth-order valence-corrected chi connectivity index (χ4v) is 3.72. The summed E-state index contributed by atoms with van der Waals surface area (Å²) in [6, 6.07) is 10.3. The molecule has 0 unspecified atom stereocenters. The van der Waals surface area contributed by atoms with Crippen LogP contribution in [0.2, 0.25) is 0 Å². The average molecular weight is 484 g/mol. The molecule has 4 amide bonds. The van der Waals surface area contributed by atoms with Gasteiger partial charge >= 0.3 is 12.1 Å². The monoisotopic (exact) mass is 483 g/mol. The van der Waals surface area contributed by atoms with Gasteiger partial charge < -0.3 is 19.7 Å². The Morgan fingerprint density at radius 2 is 1.60 bits per heavy atom. The van der Waals surface area contributed by atoms with Crippen LogP contribution in [0.15, 0.2) is 36.4 Å². The van der Waals surface area contributed by atoms with E-state index in [0.717, 1.165) is 15.2 Å². The van der Waals surface area contributed by atoms with E-state index in [9.17, 15) is 24.0 Å². The minimum atomic E-state index is -0.696. The number of ether oxygens (including phenoxy) is 2. The maximum Gasteiger partial charge on any atom is 0.407 e. The Morgan fingerprint density at radius 3 is 2.14 bits per heavy atom. The molecule has 0 atom stereocenters. The van der Waals surface area contributed by atoms with Crippen LogP contribution in [0.25, 0.3) is 10.8 Å².